The van der Waals surface area contributed by atoms with Gasteiger partial charge in [-0.25, -0.2) is 0 Å². The molecule has 1 aliphatic rings. The highest BCUT2D eigenvalue weighted by molar-refractivity contribution is 14.0. The number of likely N-dealkylation sites (tertiary alicyclic amines) is 1. The van der Waals surface area contributed by atoms with E-state index in [4.69, 9.17) is 4.74 Å². The number of nitrogens with one attached hydrogen (secondary N) is 2. The SMILES string of the molecule is CCNC(=NCC(O)c1cccc(OC(C)C)c1)NCC1CCCN(CC(C)C)C1.I. The summed E-state index contributed by atoms with van der Waals surface area (Å²) in [6, 6.07) is 7.64. The van der Waals surface area contributed by atoms with Crippen molar-refractivity contribution in [1.82, 2.24) is 15.5 Å². The molecule has 0 spiro atoms. The Bertz CT molecular complexity index is 654. The molecule has 31 heavy (non-hydrogen) atoms. The molecule has 0 aromatic heterocycles. The van der Waals surface area contributed by atoms with Crippen LogP contribution in [-0.4, -0.2) is 61.3 Å². The van der Waals surface area contributed by atoms with Crippen LogP contribution in [-0.2, 0) is 0 Å². The molecule has 1 aliphatic heterocycles. The lowest BCUT2D eigenvalue weighted by Crippen LogP contribution is -2.45. The number of hydrogen-bond donors (Lipinski definition) is 3. The molecule has 1 heterocycles. The standard InChI is InChI=1S/C24H42N4O2.HI/c1-6-25-24(26-14-20-9-8-12-28(17-20)16-18(2)3)27-15-23(29)21-10-7-11-22(13-21)30-19(4)5;/h7,10-11,13,18-20,23,29H,6,8-9,12,14-17H2,1-5H3,(H2,25,26,27);1H. The Hall–Kier alpha value is -1.06. The second kappa shape index (κ2) is 14.9. The Morgan fingerprint density at radius 3 is 2.71 bits per heavy atom. The highest BCUT2D eigenvalue weighted by Gasteiger charge is 2.20. The highest BCUT2D eigenvalue weighted by atomic mass is 127. The molecule has 0 bridgehead atoms. The lowest BCUT2D eigenvalue weighted by atomic mass is 9.97. The van der Waals surface area contributed by atoms with E-state index in [1.54, 1.807) is 0 Å². The summed E-state index contributed by atoms with van der Waals surface area (Å²) in [6.45, 7) is 16.2. The maximum Gasteiger partial charge on any atom is 0.191 e. The van der Waals surface area contributed by atoms with E-state index in [1.165, 1.54) is 25.9 Å². The van der Waals surface area contributed by atoms with Crippen LogP contribution in [0.5, 0.6) is 5.75 Å². The molecule has 0 radical (unpaired) electrons. The average molecular weight is 547 g/mol. The van der Waals surface area contributed by atoms with Crippen LogP contribution in [0.3, 0.4) is 0 Å². The molecular formula is C24H43IN4O2. The number of aliphatic hydroxyl groups is 1. The van der Waals surface area contributed by atoms with Crippen LogP contribution in [0, 0.1) is 11.8 Å². The minimum absolute atomic E-state index is 0. The van der Waals surface area contributed by atoms with Gasteiger partial charge in [0.1, 0.15) is 5.75 Å². The third kappa shape index (κ3) is 10.9. The van der Waals surface area contributed by atoms with E-state index in [2.05, 4.69) is 41.3 Å². The molecule has 2 rings (SSSR count). The van der Waals surface area contributed by atoms with E-state index in [1.807, 2.05) is 38.1 Å². The summed E-state index contributed by atoms with van der Waals surface area (Å²) in [4.78, 5) is 7.21. The molecule has 1 aromatic rings. The van der Waals surface area contributed by atoms with E-state index in [-0.39, 0.29) is 30.1 Å². The number of aliphatic hydroxyl groups excluding tert-OH is 1. The summed E-state index contributed by atoms with van der Waals surface area (Å²) in [5, 5.41) is 17.4. The van der Waals surface area contributed by atoms with Crippen molar-refractivity contribution in [1.29, 1.82) is 0 Å². The Morgan fingerprint density at radius 1 is 1.26 bits per heavy atom. The fraction of sp³-hybridized carbons (Fsp3) is 0.708. The summed E-state index contributed by atoms with van der Waals surface area (Å²) >= 11 is 0. The van der Waals surface area contributed by atoms with Crippen LogP contribution < -0.4 is 15.4 Å². The maximum atomic E-state index is 10.6. The smallest absolute Gasteiger partial charge is 0.191 e. The van der Waals surface area contributed by atoms with Crippen LogP contribution in [0.4, 0.5) is 0 Å². The number of rotatable bonds is 10. The molecule has 1 aromatic carbocycles. The zero-order chi connectivity index (χ0) is 21.9. The van der Waals surface area contributed by atoms with Crippen LogP contribution in [0.15, 0.2) is 29.3 Å². The van der Waals surface area contributed by atoms with Crippen LogP contribution >= 0.6 is 24.0 Å². The third-order valence-corrected chi connectivity index (χ3v) is 5.17. The van der Waals surface area contributed by atoms with Crippen molar-refractivity contribution < 1.29 is 9.84 Å². The van der Waals surface area contributed by atoms with Gasteiger partial charge in [-0.2, -0.15) is 0 Å². The second-order valence-corrected chi connectivity index (χ2v) is 9.02. The molecule has 2 unspecified atom stereocenters. The lowest BCUT2D eigenvalue weighted by Gasteiger charge is -2.34. The first-order valence-corrected chi connectivity index (χ1v) is 11.6. The zero-order valence-corrected chi connectivity index (χ0v) is 22.3. The quantitative estimate of drug-likeness (QED) is 0.235. The molecule has 6 nitrogen and oxygen atoms in total. The Balaban J connectivity index is 0.00000480. The summed E-state index contributed by atoms with van der Waals surface area (Å²) in [5.74, 6) is 2.89. The van der Waals surface area contributed by atoms with Gasteiger partial charge in [-0.1, -0.05) is 26.0 Å². The fourth-order valence-electron chi connectivity index (χ4n) is 3.93. The van der Waals surface area contributed by atoms with Crippen molar-refractivity contribution in [2.24, 2.45) is 16.8 Å². The number of aliphatic imine (C=N–C) groups is 1. The normalized spacial score (nSPS) is 18.6. The van der Waals surface area contributed by atoms with Gasteiger partial charge in [-0.05, 0) is 69.7 Å². The Labute approximate surface area is 206 Å². The summed E-state index contributed by atoms with van der Waals surface area (Å²) in [6.07, 6.45) is 1.97. The molecule has 0 saturated carbocycles. The third-order valence-electron chi connectivity index (χ3n) is 5.17. The van der Waals surface area contributed by atoms with Crippen molar-refractivity contribution in [2.45, 2.75) is 59.7 Å². The summed E-state index contributed by atoms with van der Waals surface area (Å²) in [7, 11) is 0. The monoisotopic (exact) mass is 546 g/mol. The van der Waals surface area contributed by atoms with Crippen molar-refractivity contribution >= 4 is 29.9 Å². The number of nitrogens with zero attached hydrogens (tertiary/aromatic N) is 2. The zero-order valence-electron chi connectivity index (χ0n) is 19.9. The first-order valence-electron chi connectivity index (χ1n) is 11.6. The molecule has 2 atom stereocenters. The van der Waals surface area contributed by atoms with Gasteiger partial charge in [0.25, 0.3) is 0 Å². The van der Waals surface area contributed by atoms with Gasteiger partial charge in [0, 0.05) is 26.2 Å². The van der Waals surface area contributed by atoms with Crippen LogP contribution in [0.2, 0.25) is 0 Å². The lowest BCUT2D eigenvalue weighted by molar-refractivity contribution is 0.159. The molecule has 0 amide bonds. The molecule has 3 N–H and O–H groups in total. The number of hydrogen-bond acceptors (Lipinski definition) is 4. The minimum atomic E-state index is -0.660. The van der Waals surface area contributed by atoms with E-state index in [0.29, 0.717) is 18.4 Å². The molecule has 7 heteroatoms. The number of piperidine rings is 1. The number of halogens is 1. The van der Waals surface area contributed by atoms with E-state index < -0.39 is 6.10 Å². The van der Waals surface area contributed by atoms with Gasteiger partial charge in [0.05, 0.1) is 18.8 Å². The topological polar surface area (TPSA) is 69.1 Å². The molecular weight excluding hydrogens is 503 g/mol. The minimum Gasteiger partial charge on any atom is -0.491 e. The predicted octanol–water partition coefficient (Wildman–Crippen LogP) is 4.05. The van der Waals surface area contributed by atoms with Gasteiger partial charge in [0.15, 0.2) is 5.96 Å². The van der Waals surface area contributed by atoms with Gasteiger partial charge < -0.3 is 25.4 Å². The van der Waals surface area contributed by atoms with Crippen molar-refractivity contribution in [3.63, 3.8) is 0 Å². The molecule has 1 fully saturated rings. The van der Waals surface area contributed by atoms with Gasteiger partial charge >= 0.3 is 0 Å². The van der Waals surface area contributed by atoms with E-state index in [0.717, 1.165) is 36.9 Å². The van der Waals surface area contributed by atoms with Crippen molar-refractivity contribution in [3.05, 3.63) is 29.8 Å². The van der Waals surface area contributed by atoms with E-state index >= 15 is 0 Å². The second-order valence-electron chi connectivity index (χ2n) is 9.02. The van der Waals surface area contributed by atoms with E-state index in [9.17, 15) is 5.11 Å². The number of benzene rings is 1. The Morgan fingerprint density at radius 2 is 2.03 bits per heavy atom. The maximum absolute atomic E-state index is 10.6. The number of guanidine groups is 1. The van der Waals surface area contributed by atoms with Gasteiger partial charge in [-0.15, -0.1) is 24.0 Å². The first-order chi connectivity index (χ1) is 14.4. The first kappa shape index (κ1) is 28.0. The van der Waals surface area contributed by atoms with Crippen molar-refractivity contribution in [3.8, 4) is 5.75 Å². The number of ether oxygens (including phenoxy) is 1. The van der Waals surface area contributed by atoms with Crippen molar-refractivity contribution in [2.75, 3.05) is 39.3 Å². The molecule has 0 aliphatic carbocycles. The fourth-order valence-corrected chi connectivity index (χ4v) is 3.93. The average Bonchev–Trinajstić information content (AvgIpc) is 2.69. The predicted molar refractivity (Wildman–Crippen MR) is 141 cm³/mol. The van der Waals surface area contributed by atoms with Gasteiger partial charge in [-0.3, -0.25) is 4.99 Å². The van der Waals surface area contributed by atoms with Crippen LogP contribution in [0.1, 0.15) is 59.1 Å². The summed E-state index contributed by atoms with van der Waals surface area (Å²) < 4.78 is 5.73. The highest BCUT2D eigenvalue weighted by Crippen LogP contribution is 2.21. The Kier molecular flexibility index (Phi) is 13.4. The largest absolute Gasteiger partial charge is 0.491 e. The van der Waals surface area contributed by atoms with Gasteiger partial charge in [0.2, 0.25) is 0 Å². The summed E-state index contributed by atoms with van der Waals surface area (Å²) in [5.41, 5.74) is 0.823. The molecule has 1 saturated heterocycles. The van der Waals surface area contributed by atoms with Crippen LogP contribution in [0.25, 0.3) is 0 Å². The molecule has 178 valence electrons.